The molecule has 74 valence electrons. The third-order valence-corrected chi connectivity index (χ3v) is 4.54. The molecule has 0 spiro atoms. The Morgan fingerprint density at radius 3 is 2.77 bits per heavy atom. The van der Waals surface area contributed by atoms with Crippen molar-refractivity contribution in [3.8, 4) is 0 Å². The van der Waals surface area contributed by atoms with Gasteiger partial charge < -0.3 is 5.32 Å². The van der Waals surface area contributed by atoms with E-state index in [1.54, 1.807) is 0 Å². The summed E-state index contributed by atoms with van der Waals surface area (Å²) in [5.41, 5.74) is 0. The van der Waals surface area contributed by atoms with Crippen molar-refractivity contribution in [2.45, 2.75) is 31.8 Å². The number of thioether (sulfide) groups is 2. The molecule has 0 bridgehead atoms. The van der Waals surface area contributed by atoms with Crippen LogP contribution in [-0.4, -0.2) is 34.5 Å². The zero-order valence-electron chi connectivity index (χ0n) is 7.95. The molecule has 1 N–H and O–H groups in total. The van der Waals surface area contributed by atoms with Gasteiger partial charge >= 0.3 is 0 Å². The molecule has 1 atom stereocenters. The average molecular weight is 216 g/mol. The van der Waals surface area contributed by atoms with E-state index in [9.17, 15) is 0 Å². The SMILES string of the molecule is CC1CSC(=NC2CCSCC2)N1. The van der Waals surface area contributed by atoms with Crippen LogP contribution >= 0.6 is 23.5 Å². The maximum Gasteiger partial charge on any atom is 0.157 e. The Morgan fingerprint density at radius 2 is 2.15 bits per heavy atom. The van der Waals surface area contributed by atoms with Crippen LogP contribution in [0, 0.1) is 0 Å². The molecule has 2 fully saturated rings. The number of hydrogen-bond donors (Lipinski definition) is 1. The van der Waals surface area contributed by atoms with Crippen molar-refractivity contribution < 1.29 is 0 Å². The Hall–Kier alpha value is 0.170. The quantitative estimate of drug-likeness (QED) is 0.725. The van der Waals surface area contributed by atoms with Crippen molar-refractivity contribution in [1.82, 2.24) is 5.32 Å². The molecule has 0 aromatic carbocycles. The molecule has 4 heteroatoms. The topological polar surface area (TPSA) is 24.4 Å². The minimum Gasteiger partial charge on any atom is -0.362 e. The largest absolute Gasteiger partial charge is 0.362 e. The summed E-state index contributed by atoms with van der Waals surface area (Å²) in [4.78, 5) is 4.74. The van der Waals surface area contributed by atoms with E-state index in [0.717, 1.165) is 0 Å². The predicted molar refractivity (Wildman–Crippen MR) is 62.8 cm³/mol. The average Bonchev–Trinajstić information content (AvgIpc) is 2.53. The van der Waals surface area contributed by atoms with Gasteiger partial charge in [0.15, 0.2) is 5.17 Å². The second-order valence-corrected chi connectivity index (χ2v) is 5.87. The van der Waals surface area contributed by atoms with Crippen molar-refractivity contribution in [3.63, 3.8) is 0 Å². The fourth-order valence-corrected chi connectivity index (χ4v) is 3.63. The summed E-state index contributed by atoms with van der Waals surface area (Å²) in [7, 11) is 0. The Bertz CT molecular complexity index is 200. The van der Waals surface area contributed by atoms with Gasteiger partial charge in [-0.15, -0.1) is 0 Å². The molecule has 2 saturated heterocycles. The minimum absolute atomic E-state index is 0.599. The van der Waals surface area contributed by atoms with Crippen LogP contribution in [0.3, 0.4) is 0 Å². The first-order valence-electron chi connectivity index (χ1n) is 4.89. The summed E-state index contributed by atoms with van der Waals surface area (Å²) in [5.74, 6) is 3.77. The van der Waals surface area contributed by atoms with Crippen LogP contribution in [0.1, 0.15) is 19.8 Å². The Labute approximate surface area is 88.3 Å². The molecule has 0 aliphatic carbocycles. The highest BCUT2D eigenvalue weighted by molar-refractivity contribution is 8.14. The second-order valence-electron chi connectivity index (χ2n) is 3.63. The number of hydrogen-bond acceptors (Lipinski definition) is 3. The highest BCUT2D eigenvalue weighted by Crippen LogP contribution is 2.22. The molecule has 13 heavy (non-hydrogen) atoms. The number of nitrogens with one attached hydrogen (secondary N) is 1. The molecule has 2 heterocycles. The van der Waals surface area contributed by atoms with E-state index in [4.69, 9.17) is 4.99 Å². The van der Waals surface area contributed by atoms with E-state index >= 15 is 0 Å². The standard InChI is InChI=1S/C9H16N2S2/c1-7-6-13-9(10-7)11-8-2-4-12-5-3-8/h7-8H,2-6H2,1H3,(H,10,11). The molecule has 0 amide bonds. The van der Waals surface area contributed by atoms with Crippen LogP contribution in [-0.2, 0) is 0 Å². The van der Waals surface area contributed by atoms with Gasteiger partial charge in [0.25, 0.3) is 0 Å². The fraction of sp³-hybridized carbons (Fsp3) is 0.889. The zero-order chi connectivity index (χ0) is 9.10. The molecule has 2 aliphatic rings. The predicted octanol–water partition coefficient (Wildman–Crippen LogP) is 1.96. The summed E-state index contributed by atoms with van der Waals surface area (Å²) in [6, 6.07) is 1.21. The van der Waals surface area contributed by atoms with Gasteiger partial charge in [0.2, 0.25) is 0 Å². The lowest BCUT2D eigenvalue weighted by Crippen LogP contribution is -2.25. The number of rotatable bonds is 1. The highest BCUT2D eigenvalue weighted by atomic mass is 32.2. The highest BCUT2D eigenvalue weighted by Gasteiger charge is 2.18. The molecule has 2 aliphatic heterocycles. The lowest BCUT2D eigenvalue weighted by molar-refractivity contribution is 0.623. The van der Waals surface area contributed by atoms with Crippen LogP contribution in [0.5, 0.6) is 0 Å². The van der Waals surface area contributed by atoms with Crippen molar-refractivity contribution >= 4 is 28.7 Å². The van der Waals surface area contributed by atoms with Crippen molar-refractivity contribution in [1.29, 1.82) is 0 Å². The maximum absolute atomic E-state index is 4.74. The van der Waals surface area contributed by atoms with Crippen LogP contribution < -0.4 is 5.32 Å². The molecule has 0 aromatic rings. The first kappa shape index (κ1) is 9.71. The van der Waals surface area contributed by atoms with Gasteiger partial charge in [0.05, 0.1) is 6.04 Å². The van der Waals surface area contributed by atoms with Gasteiger partial charge in [-0.2, -0.15) is 11.8 Å². The van der Waals surface area contributed by atoms with E-state index in [0.29, 0.717) is 12.1 Å². The molecule has 1 unspecified atom stereocenters. The first-order valence-corrected chi connectivity index (χ1v) is 7.03. The fourth-order valence-electron chi connectivity index (χ4n) is 1.55. The monoisotopic (exact) mass is 216 g/mol. The van der Waals surface area contributed by atoms with Gasteiger partial charge in [-0.1, -0.05) is 11.8 Å². The molecule has 0 radical (unpaired) electrons. The third kappa shape index (κ3) is 2.81. The van der Waals surface area contributed by atoms with Crippen molar-refractivity contribution in [2.75, 3.05) is 17.3 Å². The summed E-state index contributed by atoms with van der Waals surface area (Å²) < 4.78 is 0. The number of aliphatic imine (C=N–C) groups is 1. The van der Waals surface area contributed by atoms with E-state index in [2.05, 4.69) is 24.0 Å². The van der Waals surface area contributed by atoms with Crippen molar-refractivity contribution in [3.05, 3.63) is 0 Å². The van der Waals surface area contributed by atoms with E-state index in [1.807, 2.05) is 11.8 Å². The Morgan fingerprint density at radius 1 is 1.38 bits per heavy atom. The molecule has 0 saturated carbocycles. The Kier molecular flexibility index (Phi) is 3.44. The molecular formula is C9H16N2S2. The summed E-state index contributed by atoms with van der Waals surface area (Å²) in [5, 5.41) is 4.59. The maximum atomic E-state index is 4.74. The Balaban J connectivity index is 1.87. The second kappa shape index (κ2) is 4.60. The molecule has 0 aromatic heterocycles. The van der Waals surface area contributed by atoms with E-state index in [-0.39, 0.29) is 0 Å². The van der Waals surface area contributed by atoms with E-state index in [1.165, 1.54) is 35.3 Å². The van der Waals surface area contributed by atoms with Crippen LogP contribution in [0.4, 0.5) is 0 Å². The van der Waals surface area contributed by atoms with E-state index < -0.39 is 0 Å². The summed E-state index contributed by atoms with van der Waals surface area (Å²) in [6.07, 6.45) is 2.54. The number of amidine groups is 1. The lowest BCUT2D eigenvalue weighted by atomic mass is 10.2. The van der Waals surface area contributed by atoms with Crippen LogP contribution in [0.25, 0.3) is 0 Å². The third-order valence-electron chi connectivity index (χ3n) is 2.33. The molecule has 2 nitrogen and oxygen atoms in total. The molecule has 2 rings (SSSR count). The van der Waals surface area contributed by atoms with Crippen LogP contribution in [0.2, 0.25) is 0 Å². The van der Waals surface area contributed by atoms with Gasteiger partial charge in [0, 0.05) is 11.8 Å². The van der Waals surface area contributed by atoms with Gasteiger partial charge in [-0.05, 0) is 31.3 Å². The summed E-state index contributed by atoms with van der Waals surface area (Å²) >= 11 is 3.94. The van der Waals surface area contributed by atoms with Crippen LogP contribution in [0.15, 0.2) is 4.99 Å². The minimum atomic E-state index is 0.599. The zero-order valence-corrected chi connectivity index (χ0v) is 9.59. The summed E-state index contributed by atoms with van der Waals surface area (Å²) in [6.45, 7) is 2.21. The smallest absolute Gasteiger partial charge is 0.157 e. The molecular weight excluding hydrogens is 200 g/mol. The van der Waals surface area contributed by atoms with Crippen molar-refractivity contribution in [2.24, 2.45) is 4.99 Å². The van der Waals surface area contributed by atoms with Gasteiger partial charge in [-0.25, -0.2) is 0 Å². The number of nitrogens with zero attached hydrogens (tertiary/aromatic N) is 1. The first-order chi connectivity index (χ1) is 6.34. The lowest BCUT2D eigenvalue weighted by Gasteiger charge is -2.17. The normalized spacial score (nSPS) is 33.6. The van der Waals surface area contributed by atoms with Gasteiger partial charge in [-0.3, -0.25) is 4.99 Å². The van der Waals surface area contributed by atoms with Gasteiger partial charge in [0.1, 0.15) is 0 Å².